The van der Waals surface area contributed by atoms with Gasteiger partial charge in [-0.2, -0.15) is 0 Å². The number of carbonyl (C=O) groups excluding carboxylic acids is 2. The van der Waals surface area contributed by atoms with Crippen LogP contribution in [0, 0.1) is 24.4 Å². The van der Waals surface area contributed by atoms with Crippen molar-refractivity contribution in [2.45, 2.75) is 19.8 Å². The van der Waals surface area contributed by atoms with Gasteiger partial charge < -0.3 is 19.7 Å². The summed E-state index contributed by atoms with van der Waals surface area (Å²) in [5, 5.41) is 19.6. The lowest BCUT2D eigenvalue weighted by atomic mass is 9.90. The summed E-state index contributed by atoms with van der Waals surface area (Å²) >= 11 is 0. The van der Waals surface area contributed by atoms with Crippen molar-refractivity contribution in [3.63, 3.8) is 0 Å². The highest BCUT2D eigenvalue weighted by Crippen LogP contribution is 2.25. The van der Waals surface area contributed by atoms with Gasteiger partial charge in [0.05, 0.1) is 17.7 Å². The Bertz CT molecular complexity index is 1480. The zero-order valence-corrected chi connectivity index (χ0v) is 20.3. The van der Waals surface area contributed by atoms with Crippen LogP contribution < -0.4 is 9.47 Å². The Morgan fingerprint density at radius 3 is 1.66 bits per heavy atom. The van der Waals surface area contributed by atoms with Crippen molar-refractivity contribution < 1.29 is 38.9 Å². The molecule has 0 amide bonds. The molecular formula is C30H22O8. The zero-order valence-electron chi connectivity index (χ0n) is 20.3. The highest BCUT2D eigenvalue weighted by Gasteiger charge is 2.26. The Hall–Kier alpha value is -5.34. The molecule has 38 heavy (non-hydrogen) atoms. The average Bonchev–Trinajstić information content (AvgIpc) is 2.92. The molecule has 0 heterocycles. The number of carbonyl (C=O) groups is 4. The number of ether oxygens (including phenoxy) is 2. The molecule has 3 aromatic rings. The number of carboxylic acid groups (broad SMARTS) is 2. The smallest absolute Gasteiger partial charge is 0.336 e. The number of carboxylic acids is 2. The minimum absolute atomic E-state index is 0.0684. The fraction of sp³-hybridized carbons (Fsp3) is 0.133. The number of hydrogen-bond acceptors (Lipinski definition) is 6. The molecule has 8 heteroatoms. The van der Waals surface area contributed by atoms with Crippen molar-refractivity contribution in [1.82, 2.24) is 0 Å². The lowest BCUT2D eigenvalue weighted by Gasteiger charge is -2.12. The number of unbranched alkanes of at least 4 members (excludes halogenated alkanes) is 1. The summed E-state index contributed by atoms with van der Waals surface area (Å²) in [5.74, 6) is 0.733. The third-order valence-electron chi connectivity index (χ3n) is 5.40. The van der Waals surface area contributed by atoms with Crippen molar-refractivity contribution in [3.05, 3.63) is 94.0 Å². The molecule has 0 radical (unpaired) electrons. The minimum Gasteiger partial charge on any atom is -0.494 e. The van der Waals surface area contributed by atoms with Gasteiger partial charge in [0, 0.05) is 28.2 Å². The second-order valence-corrected chi connectivity index (χ2v) is 7.94. The van der Waals surface area contributed by atoms with E-state index in [1.54, 1.807) is 12.1 Å². The van der Waals surface area contributed by atoms with Gasteiger partial charge in [-0.05, 0) is 73.0 Å². The highest BCUT2D eigenvalue weighted by molar-refractivity contribution is 6.19. The summed E-state index contributed by atoms with van der Waals surface area (Å²) in [5.41, 5.74) is -1.55. The molecule has 0 aromatic heterocycles. The van der Waals surface area contributed by atoms with Gasteiger partial charge in [-0.1, -0.05) is 13.3 Å². The lowest BCUT2D eigenvalue weighted by molar-refractivity contribution is 0.0677. The van der Waals surface area contributed by atoms with Gasteiger partial charge in [-0.25, -0.2) is 9.59 Å². The Morgan fingerprint density at radius 2 is 1.24 bits per heavy atom. The first-order valence-corrected chi connectivity index (χ1v) is 11.5. The maximum Gasteiger partial charge on any atom is 0.336 e. The monoisotopic (exact) mass is 510 g/mol. The Labute approximate surface area is 218 Å². The molecule has 0 bridgehead atoms. The molecule has 3 rings (SSSR count). The molecule has 0 spiro atoms. The zero-order chi connectivity index (χ0) is 27.7. The first kappa shape index (κ1) is 27.3. The van der Waals surface area contributed by atoms with Crippen LogP contribution in [0.4, 0.5) is 0 Å². The van der Waals surface area contributed by atoms with E-state index in [0.717, 1.165) is 25.0 Å². The summed E-state index contributed by atoms with van der Waals surface area (Å²) in [7, 11) is 0. The van der Waals surface area contributed by atoms with Crippen LogP contribution in [0.15, 0.2) is 60.7 Å². The molecule has 0 atom stereocenters. The summed E-state index contributed by atoms with van der Waals surface area (Å²) in [6.45, 7) is 2.54. The van der Waals surface area contributed by atoms with E-state index < -0.39 is 34.6 Å². The first-order valence-electron chi connectivity index (χ1n) is 11.5. The molecule has 3 aromatic carbocycles. The quantitative estimate of drug-likeness (QED) is 0.216. The van der Waals surface area contributed by atoms with Crippen LogP contribution in [0.5, 0.6) is 11.5 Å². The second-order valence-electron chi connectivity index (χ2n) is 7.94. The van der Waals surface area contributed by atoms with Crippen LogP contribution in [0.2, 0.25) is 0 Å². The van der Waals surface area contributed by atoms with E-state index in [1.165, 1.54) is 36.4 Å². The van der Waals surface area contributed by atoms with E-state index in [9.17, 15) is 29.4 Å². The number of aromatic carboxylic acids is 2. The summed E-state index contributed by atoms with van der Waals surface area (Å²) < 4.78 is 10.7. The van der Waals surface area contributed by atoms with Gasteiger partial charge in [0.2, 0.25) is 0 Å². The van der Waals surface area contributed by atoms with E-state index in [-0.39, 0.29) is 28.0 Å². The molecule has 0 aliphatic heterocycles. The predicted octanol–water partition coefficient (Wildman–Crippen LogP) is 4.70. The van der Waals surface area contributed by atoms with Crippen LogP contribution >= 0.6 is 0 Å². The fourth-order valence-electron chi connectivity index (χ4n) is 3.47. The van der Waals surface area contributed by atoms with Crippen LogP contribution in [0.1, 0.15) is 72.3 Å². The molecule has 0 unspecified atom stereocenters. The fourth-order valence-corrected chi connectivity index (χ4v) is 3.47. The van der Waals surface area contributed by atoms with E-state index in [0.29, 0.717) is 12.4 Å². The van der Waals surface area contributed by atoms with Gasteiger partial charge in [0.1, 0.15) is 17.6 Å². The predicted molar refractivity (Wildman–Crippen MR) is 138 cm³/mol. The van der Waals surface area contributed by atoms with Crippen molar-refractivity contribution in [2.24, 2.45) is 0 Å². The van der Waals surface area contributed by atoms with Gasteiger partial charge in [0.15, 0.2) is 11.6 Å². The standard InChI is InChI=1S/C30H22O8/c1-3-5-15-37-21-11-7-19(8-12-21)27(31)23-17-26(30(35)36)24(18-25(23)29(33)34)28(32)20-9-13-22(14-10-20)38-16-6-4-2/h1,7-14,17-18H,4,6,16H2,2H3,(H,33,34)(H,35,36). The van der Waals surface area contributed by atoms with E-state index in [2.05, 4.69) is 17.9 Å². The number of rotatable bonds is 11. The Kier molecular flexibility index (Phi) is 9.01. The summed E-state index contributed by atoms with van der Waals surface area (Å²) in [6.07, 6.45) is 9.11. The van der Waals surface area contributed by atoms with E-state index in [1.807, 2.05) is 6.92 Å². The third kappa shape index (κ3) is 6.45. The first-order chi connectivity index (χ1) is 18.3. The van der Waals surface area contributed by atoms with Crippen LogP contribution in [-0.2, 0) is 0 Å². The molecule has 0 fully saturated rings. The van der Waals surface area contributed by atoms with Gasteiger partial charge in [0.25, 0.3) is 0 Å². The number of benzene rings is 3. The molecule has 2 N–H and O–H groups in total. The maximum atomic E-state index is 13.2. The van der Waals surface area contributed by atoms with Crippen LogP contribution in [0.25, 0.3) is 0 Å². The normalized spacial score (nSPS) is 9.89. The van der Waals surface area contributed by atoms with Crippen LogP contribution in [0.3, 0.4) is 0 Å². The molecule has 0 aliphatic rings. The largest absolute Gasteiger partial charge is 0.494 e. The molecular weight excluding hydrogens is 488 g/mol. The van der Waals surface area contributed by atoms with E-state index >= 15 is 0 Å². The van der Waals surface area contributed by atoms with Gasteiger partial charge in [-0.3, -0.25) is 9.59 Å². The van der Waals surface area contributed by atoms with Crippen molar-refractivity contribution in [1.29, 1.82) is 0 Å². The maximum absolute atomic E-state index is 13.2. The SMILES string of the molecule is C#CC#COc1ccc(C(=O)c2cc(C(=O)O)c(C(=O)c3ccc(OCCCC)cc3)cc2C(=O)O)cc1. The van der Waals surface area contributed by atoms with Crippen molar-refractivity contribution in [2.75, 3.05) is 6.61 Å². The topological polar surface area (TPSA) is 127 Å². The minimum atomic E-state index is -1.50. The number of hydrogen-bond donors (Lipinski definition) is 2. The van der Waals surface area contributed by atoms with Crippen molar-refractivity contribution >= 4 is 23.5 Å². The number of ketones is 2. The lowest BCUT2D eigenvalue weighted by Crippen LogP contribution is -2.17. The molecule has 0 aliphatic carbocycles. The Balaban J connectivity index is 1.99. The van der Waals surface area contributed by atoms with Crippen LogP contribution in [-0.4, -0.2) is 40.3 Å². The number of terminal acetylenes is 1. The molecule has 190 valence electrons. The summed E-state index contributed by atoms with van der Waals surface area (Å²) in [4.78, 5) is 50.4. The molecule has 0 saturated heterocycles. The summed E-state index contributed by atoms with van der Waals surface area (Å²) in [6, 6.07) is 13.5. The molecule has 8 nitrogen and oxygen atoms in total. The Morgan fingerprint density at radius 1 is 0.763 bits per heavy atom. The van der Waals surface area contributed by atoms with E-state index in [4.69, 9.17) is 15.9 Å². The van der Waals surface area contributed by atoms with Crippen molar-refractivity contribution in [3.8, 4) is 35.9 Å². The third-order valence-corrected chi connectivity index (χ3v) is 5.40. The highest BCUT2D eigenvalue weighted by atomic mass is 16.5. The van der Waals surface area contributed by atoms with Gasteiger partial charge in [-0.15, -0.1) is 6.42 Å². The second kappa shape index (κ2) is 12.6. The average molecular weight is 510 g/mol. The molecule has 0 saturated carbocycles. The van der Waals surface area contributed by atoms with Gasteiger partial charge >= 0.3 is 11.9 Å².